The van der Waals surface area contributed by atoms with Gasteiger partial charge in [0.1, 0.15) is 5.82 Å². The maximum Gasteiger partial charge on any atom is 0.240 e. The number of thiazole rings is 1. The van der Waals surface area contributed by atoms with E-state index in [1.54, 1.807) is 23.7 Å². The molecule has 6 nitrogen and oxygen atoms in total. The summed E-state index contributed by atoms with van der Waals surface area (Å²) < 4.78 is 13.1. The number of hydrogen-bond acceptors (Lipinski definition) is 5. The first-order valence-electron chi connectivity index (χ1n) is 10.1. The van der Waals surface area contributed by atoms with E-state index in [1.807, 2.05) is 29.2 Å². The fourth-order valence-electron chi connectivity index (χ4n) is 3.73. The van der Waals surface area contributed by atoms with E-state index in [-0.39, 0.29) is 24.2 Å². The van der Waals surface area contributed by atoms with Gasteiger partial charge >= 0.3 is 0 Å². The van der Waals surface area contributed by atoms with Crippen molar-refractivity contribution in [2.45, 2.75) is 25.4 Å². The molecule has 0 bridgehead atoms. The van der Waals surface area contributed by atoms with Crippen molar-refractivity contribution in [3.05, 3.63) is 82.6 Å². The molecule has 2 amide bonds. The Kier molecular flexibility index (Phi) is 6.69. The summed E-state index contributed by atoms with van der Waals surface area (Å²) in [7, 11) is 0. The van der Waals surface area contributed by atoms with Gasteiger partial charge < -0.3 is 10.6 Å². The maximum absolute atomic E-state index is 13.1. The number of fused-ring (bicyclic) bond motifs is 1. The molecule has 8 heteroatoms. The molecule has 0 saturated heterocycles. The molecule has 1 atom stereocenters. The molecule has 31 heavy (non-hydrogen) atoms. The van der Waals surface area contributed by atoms with E-state index in [9.17, 15) is 14.0 Å². The zero-order chi connectivity index (χ0) is 21.6. The van der Waals surface area contributed by atoms with E-state index in [1.165, 1.54) is 23.5 Å². The zero-order valence-electron chi connectivity index (χ0n) is 16.9. The normalized spacial score (nSPS) is 15.8. The number of rotatable bonds is 7. The third-order valence-corrected chi connectivity index (χ3v) is 5.99. The third-order valence-electron chi connectivity index (χ3n) is 5.30. The molecule has 160 valence electrons. The molecule has 2 heterocycles. The molecule has 2 aromatic carbocycles. The Morgan fingerprint density at radius 3 is 2.65 bits per heavy atom. The minimum absolute atomic E-state index is 0.101. The summed E-state index contributed by atoms with van der Waals surface area (Å²) >= 11 is 1.35. The number of aromatic nitrogens is 1. The van der Waals surface area contributed by atoms with E-state index in [2.05, 4.69) is 15.6 Å². The lowest BCUT2D eigenvalue weighted by molar-refractivity contribution is -0.128. The van der Waals surface area contributed by atoms with Gasteiger partial charge in [-0.15, -0.1) is 11.3 Å². The van der Waals surface area contributed by atoms with Crippen molar-refractivity contribution >= 4 is 28.3 Å². The molecule has 3 aromatic rings. The monoisotopic (exact) mass is 438 g/mol. The lowest BCUT2D eigenvalue weighted by Crippen LogP contribution is -2.52. The van der Waals surface area contributed by atoms with Crippen LogP contribution in [0.2, 0.25) is 0 Å². The van der Waals surface area contributed by atoms with Gasteiger partial charge in [0, 0.05) is 24.7 Å². The summed E-state index contributed by atoms with van der Waals surface area (Å²) in [6, 6.07) is 13.8. The largest absolute Gasteiger partial charge is 0.354 e. The Hall–Kier alpha value is -3.10. The first kappa shape index (κ1) is 21.1. The second-order valence-electron chi connectivity index (χ2n) is 7.45. The highest BCUT2D eigenvalue weighted by Gasteiger charge is 2.32. The summed E-state index contributed by atoms with van der Waals surface area (Å²) in [5.74, 6) is -0.586. The number of carbonyl (C=O) groups is 2. The Bertz CT molecular complexity index is 1040. The molecule has 0 aliphatic carbocycles. The van der Waals surface area contributed by atoms with Crippen molar-refractivity contribution in [1.29, 1.82) is 0 Å². The van der Waals surface area contributed by atoms with Crippen LogP contribution in [-0.2, 0) is 29.0 Å². The maximum atomic E-state index is 13.1. The Morgan fingerprint density at radius 1 is 1.13 bits per heavy atom. The predicted octanol–water partition coefficient (Wildman–Crippen LogP) is 3.01. The average Bonchev–Trinajstić information content (AvgIpc) is 3.27. The minimum Gasteiger partial charge on any atom is -0.354 e. The Morgan fingerprint density at radius 2 is 1.90 bits per heavy atom. The Balaban J connectivity index is 1.41. The number of hydrogen-bond donors (Lipinski definition) is 2. The van der Waals surface area contributed by atoms with Crippen molar-refractivity contribution in [2.75, 3.05) is 18.4 Å². The number of amides is 2. The van der Waals surface area contributed by atoms with Crippen LogP contribution in [0.5, 0.6) is 0 Å². The van der Waals surface area contributed by atoms with E-state index in [4.69, 9.17) is 0 Å². The van der Waals surface area contributed by atoms with Crippen LogP contribution in [0.4, 0.5) is 9.52 Å². The van der Waals surface area contributed by atoms with Gasteiger partial charge in [0.2, 0.25) is 11.8 Å². The van der Waals surface area contributed by atoms with Crippen LogP contribution >= 0.6 is 11.3 Å². The third kappa shape index (κ3) is 5.53. The highest BCUT2D eigenvalue weighted by molar-refractivity contribution is 7.13. The van der Waals surface area contributed by atoms with Crippen molar-refractivity contribution in [1.82, 2.24) is 15.2 Å². The quantitative estimate of drug-likeness (QED) is 0.595. The Labute approximate surface area is 184 Å². The van der Waals surface area contributed by atoms with Gasteiger partial charge in [0.15, 0.2) is 5.13 Å². The van der Waals surface area contributed by atoms with E-state index in [0.29, 0.717) is 31.1 Å². The molecule has 0 spiro atoms. The molecular formula is C23H23FN4O2S. The smallest absolute Gasteiger partial charge is 0.240 e. The summed E-state index contributed by atoms with van der Waals surface area (Å²) in [4.78, 5) is 31.5. The van der Waals surface area contributed by atoms with Crippen molar-refractivity contribution in [2.24, 2.45) is 0 Å². The van der Waals surface area contributed by atoms with Gasteiger partial charge in [-0.1, -0.05) is 36.4 Å². The zero-order valence-corrected chi connectivity index (χ0v) is 17.7. The van der Waals surface area contributed by atoms with Crippen LogP contribution < -0.4 is 10.6 Å². The van der Waals surface area contributed by atoms with Crippen molar-refractivity contribution in [3.63, 3.8) is 0 Å². The number of nitrogens with one attached hydrogen (secondary N) is 2. The standard InChI is InChI=1S/C23H23FN4O2S/c24-19-7-5-16(6-8-19)9-10-25-22(30)20-13-17-3-1-2-4-18(17)14-28(20)15-21(29)27-23-26-11-12-31-23/h1-8,11-12,20H,9-10,13-15H2,(H,25,30)(H,26,27,29). The lowest BCUT2D eigenvalue weighted by atomic mass is 9.93. The second kappa shape index (κ2) is 9.80. The molecule has 1 unspecified atom stereocenters. The lowest BCUT2D eigenvalue weighted by Gasteiger charge is -2.35. The number of nitrogens with zero attached hydrogens (tertiary/aromatic N) is 2. The summed E-state index contributed by atoms with van der Waals surface area (Å²) in [6.07, 6.45) is 2.79. The number of halogens is 1. The van der Waals surface area contributed by atoms with Crippen LogP contribution in [0, 0.1) is 5.82 Å². The van der Waals surface area contributed by atoms with Gasteiger partial charge in [0.25, 0.3) is 0 Å². The highest BCUT2D eigenvalue weighted by atomic mass is 32.1. The molecular weight excluding hydrogens is 415 g/mol. The number of benzene rings is 2. The van der Waals surface area contributed by atoms with Crippen LogP contribution in [0.25, 0.3) is 0 Å². The molecule has 1 aliphatic heterocycles. The molecule has 1 aliphatic rings. The van der Waals surface area contributed by atoms with Crippen molar-refractivity contribution in [3.8, 4) is 0 Å². The molecule has 0 fully saturated rings. The van der Waals surface area contributed by atoms with Gasteiger partial charge in [-0.2, -0.15) is 0 Å². The van der Waals surface area contributed by atoms with Crippen LogP contribution in [-0.4, -0.2) is 40.8 Å². The first-order chi connectivity index (χ1) is 15.1. The van der Waals surface area contributed by atoms with Gasteiger partial charge in [-0.3, -0.25) is 14.5 Å². The number of anilines is 1. The highest BCUT2D eigenvalue weighted by Crippen LogP contribution is 2.23. The van der Waals surface area contributed by atoms with Crippen LogP contribution in [0.3, 0.4) is 0 Å². The van der Waals surface area contributed by atoms with E-state index in [0.717, 1.165) is 16.7 Å². The average molecular weight is 439 g/mol. The van der Waals surface area contributed by atoms with E-state index >= 15 is 0 Å². The molecule has 0 saturated carbocycles. The fraction of sp³-hybridized carbons (Fsp3) is 0.261. The minimum atomic E-state index is -0.440. The molecule has 0 radical (unpaired) electrons. The summed E-state index contributed by atoms with van der Waals surface area (Å²) in [5, 5.41) is 8.11. The topological polar surface area (TPSA) is 74.3 Å². The summed E-state index contributed by atoms with van der Waals surface area (Å²) in [5.41, 5.74) is 3.20. The van der Waals surface area contributed by atoms with E-state index < -0.39 is 6.04 Å². The predicted molar refractivity (Wildman–Crippen MR) is 118 cm³/mol. The van der Waals surface area contributed by atoms with Crippen LogP contribution in [0.15, 0.2) is 60.1 Å². The molecule has 2 N–H and O–H groups in total. The van der Waals surface area contributed by atoms with Crippen LogP contribution in [0.1, 0.15) is 16.7 Å². The van der Waals surface area contributed by atoms with Gasteiger partial charge in [-0.25, -0.2) is 9.37 Å². The SMILES string of the molecule is O=C(CN1Cc2ccccc2CC1C(=O)NCCc1ccc(F)cc1)Nc1nccs1. The summed E-state index contributed by atoms with van der Waals surface area (Å²) in [6.45, 7) is 1.07. The number of carbonyl (C=O) groups excluding carboxylic acids is 2. The second-order valence-corrected chi connectivity index (χ2v) is 8.34. The molecule has 4 rings (SSSR count). The fourth-order valence-corrected chi connectivity index (χ4v) is 4.27. The molecule has 1 aromatic heterocycles. The first-order valence-corrected chi connectivity index (χ1v) is 11.0. The van der Waals surface area contributed by atoms with Crippen molar-refractivity contribution < 1.29 is 14.0 Å². The van der Waals surface area contributed by atoms with Gasteiger partial charge in [0.05, 0.1) is 12.6 Å². The van der Waals surface area contributed by atoms with Gasteiger partial charge in [-0.05, 0) is 41.7 Å².